The third-order valence-electron chi connectivity index (χ3n) is 8.25. The minimum absolute atomic E-state index is 0.00104. The third-order valence-corrected chi connectivity index (χ3v) is 8.25. The first-order valence-electron chi connectivity index (χ1n) is 14.6. The van der Waals surface area contributed by atoms with E-state index in [4.69, 9.17) is 4.74 Å². The van der Waals surface area contributed by atoms with Crippen LogP contribution in [-0.2, 0) is 27.4 Å². The summed E-state index contributed by atoms with van der Waals surface area (Å²) in [6.07, 6.45) is 7.89. The molecule has 2 saturated heterocycles. The summed E-state index contributed by atoms with van der Waals surface area (Å²) < 4.78 is 6.03. The van der Waals surface area contributed by atoms with Gasteiger partial charge in [-0.1, -0.05) is 80.4 Å². The Morgan fingerprint density at radius 2 is 1.53 bits per heavy atom. The molecule has 2 aromatic carbocycles. The number of carbonyl (C=O) groups is 2. The van der Waals surface area contributed by atoms with Gasteiger partial charge in [0.1, 0.15) is 11.6 Å². The fraction of sp³-hybridized carbons (Fsp3) is 0.562. The molecular weight excluding hydrogens is 474 g/mol. The van der Waals surface area contributed by atoms with Crippen LogP contribution in [0.4, 0.5) is 0 Å². The summed E-state index contributed by atoms with van der Waals surface area (Å²) in [4.78, 5) is 31.6. The van der Waals surface area contributed by atoms with Crippen LogP contribution < -0.4 is 5.32 Å². The van der Waals surface area contributed by atoms with Gasteiger partial charge in [0.2, 0.25) is 11.8 Å². The predicted molar refractivity (Wildman–Crippen MR) is 152 cm³/mol. The van der Waals surface area contributed by atoms with Crippen LogP contribution >= 0.6 is 0 Å². The number of piperidine rings is 1. The van der Waals surface area contributed by atoms with E-state index >= 15 is 0 Å². The fourth-order valence-electron chi connectivity index (χ4n) is 5.91. The number of hydrogen-bond acceptors (Lipinski definition) is 4. The monoisotopic (exact) mass is 519 g/mol. The van der Waals surface area contributed by atoms with E-state index in [1.807, 2.05) is 42.2 Å². The Balaban J connectivity index is 1.25. The predicted octanol–water partition coefficient (Wildman–Crippen LogP) is 4.97. The minimum Gasteiger partial charge on any atom is -0.371 e. The molecule has 0 saturated carbocycles. The number of nitrogens with zero attached hydrogens (tertiary/aromatic N) is 2. The Morgan fingerprint density at radius 3 is 2.18 bits per heavy atom. The lowest BCUT2D eigenvalue weighted by molar-refractivity contribution is -0.165. The van der Waals surface area contributed by atoms with Crippen molar-refractivity contribution < 1.29 is 14.3 Å². The van der Waals surface area contributed by atoms with E-state index in [0.717, 1.165) is 38.0 Å². The standard InChI is InChI=1S/C32H45N3O3/c1-3-21-35-30(36)29(26(2)38-25-28-17-11-7-12-18-28)33-31(37)32(35)19-23-34(24-20-32)22-13-5-4-8-14-27-15-9-6-10-16-27/h6-7,9-12,15-18,26,29H,3-5,8,13-14,19-25H2,1-2H3,(H,33,37)/t26-,29+/m1/s1. The molecule has 6 nitrogen and oxygen atoms in total. The van der Waals surface area contributed by atoms with E-state index in [-0.39, 0.29) is 11.8 Å². The van der Waals surface area contributed by atoms with Crippen LogP contribution in [0, 0.1) is 0 Å². The number of carbonyl (C=O) groups excluding carboxylic acids is 2. The van der Waals surface area contributed by atoms with Crippen molar-refractivity contribution in [2.75, 3.05) is 26.2 Å². The van der Waals surface area contributed by atoms with Crippen molar-refractivity contribution >= 4 is 11.8 Å². The molecule has 6 heteroatoms. The number of rotatable bonds is 13. The Bertz CT molecular complexity index is 1010. The molecule has 2 amide bonds. The molecule has 0 aliphatic carbocycles. The molecule has 2 aliphatic rings. The largest absolute Gasteiger partial charge is 0.371 e. The lowest BCUT2D eigenvalue weighted by Crippen LogP contribution is -2.74. The van der Waals surface area contributed by atoms with Crippen molar-refractivity contribution in [1.82, 2.24) is 15.1 Å². The van der Waals surface area contributed by atoms with Gasteiger partial charge in [0.15, 0.2) is 0 Å². The van der Waals surface area contributed by atoms with Gasteiger partial charge in [-0.3, -0.25) is 9.59 Å². The van der Waals surface area contributed by atoms with Gasteiger partial charge in [-0.15, -0.1) is 0 Å². The van der Waals surface area contributed by atoms with Gasteiger partial charge in [-0.25, -0.2) is 0 Å². The van der Waals surface area contributed by atoms with Crippen LogP contribution in [0.25, 0.3) is 0 Å². The van der Waals surface area contributed by atoms with Crippen molar-refractivity contribution in [3.8, 4) is 0 Å². The quantitative estimate of drug-likeness (QED) is 0.380. The van der Waals surface area contributed by atoms with E-state index < -0.39 is 17.7 Å². The lowest BCUT2D eigenvalue weighted by Gasteiger charge is -2.52. The molecule has 0 bridgehead atoms. The number of benzene rings is 2. The Kier molecular flexibility index (Phi) is 10.4. The molecule has 2 aliphatic heterocycles. The highest BCUT2D eigenvalue weighted by molar-refractivity contribution is 6.00. The molecule has 2 heterocycles. The maximum atomic E-state index is 13.7. The summed E-state index contributed by atoms with van der Waals surface area (Å²) in [5.74, 6) is -0.00912. The average molecular weight is 520 g/mol. The number of amides is 2. The Morgan fingerprint density at radius 1 is 0.895 bits per heavy atom. The zero-order valence-electron chi connectivity index (χ0n) is 23.2. The first-order valence-corrected chi connectivity index (χ1v) is 14.6. The van der Waals surface area contributed by atoms with Crippen molar-refractivity contribution in [2.45, 2.75) is 89.5 Å². The average Bonchev–Trinajstić information content (AvgIpc) is 2.95. The Hall–Kier alpha value is -2.70. The van der Waals surface area contributed by atoms with Crippen molar-refractivity contribution in [1.29, 1.82) is 0 Å². The Labute approximate surface area is 228 Å². The number of unbranched alkanes of at least 4 members (excludes halogenated alkanes) is 3. The minimum atomic E-state index is -0.727. The molecule has 1 spiro atoms. The van der Waals surface area contributed by atoms with Gasteiger partial charge in [0, 0.05) is 19.6 Å². The van der Waals surface area contributed by atoms with Gasteiger partial charge in [0.05, 0.1) is 12.7 Å². The van der Waals surface area contributed by atoms with Gasteiger partial charge < -0.3 is 19.9 Å². The molecule has 1 N–H and O–H groups in total. The zero-order valence-corrected chi connectivity index (χ0v) is 23.2. The van der Waals surface area contributed by atoms with Crippen LogP contribution in [0.3, 0.4) is 0 Å². The second kappa shape index (κ2) is 13.9. The van der Waals surface area contributed by atoms with Crippen molar-refractivity contribution in [3.05, 3.63) is 71.8 Å². The molecule has 0 unspecified atom stereocenters. The van der Waals surface area contributed by atoms with Gasteiger partial charge in [0.25, 0.3) is 0 Å². The molecule has 0 aromatic heterocycles. The normalized spacial score (nSPS) is 20.5. The lowest BCUT2D eigenvalue weighted by atomic mass is 9.81. The van der Waals surface area contributed by atoms with Gasteiger partial charge in [-0.2, -0.15) is 0 Å². The van der Waals surface area contributed by atoms with Gasteiger partial charge >= 0.3 is 0 Å². The summed E-state index contributed by atoms with van der Waals surface area (Å²) in [5, 5.41) is 3.07. The molecule has 38 heavy (non-hydrogen) atoms. The summed E-state index contributed by atoms with van der Waals surface area (Å²) in [5.41, 5.74) is 1.75. The first-order chi connectivity index (χ1) is 18.5. The summed E-state index contributed by atoms with van der Waals surface area (Å²) >= 11 is 0. The van der Waals surface area contributed by atoms with Crippen molar-refractivity contribution in [2.24, 2.45) is 0 Å². The topological polar surface area (TPSA) is 61.9 Å². The second-order valence-electron chi connectivity index (χ2n) is 11.0. The molecule has 4 rings (SSSR count). The molecule has 2 fully saturated rings. The number of ether oxygens (including phenoxy) is 1. The van der Waals surface area contributed by atoms with Gasteiger partial charge in [-0.05, 0) is 63.1 Å². The summed E-state index contributed by atoms with van der Waals surface area (Å²) in [6.45, 7) is 7.77. The van der Waals surface area contributed by atoms with Crippen LogP contribution in [0.15, 0.2) is 60.7 Å². The van der Waals surface area contributed by atoms with E-state index in [1.165, 1.54) is 31.2 Å². The van der Waals surface area contributed by atoms with Crippen molar-refractivity contribution in [3.63, 3.8) is 0 Å². The van der Waals surface area contributed by atoms with E-state index in [2.05, 4.69) is 47.5 Å². The molecule has 2 atom stereocenters. The van der Waals surface area contributed by atoms with E-state index in [9.17, 15) is 9.59 Å². The number of aryl methyl sites for hydroxylation is 1. The smallest absolute Gasteiger partial charge is 0.248 e. The number of hydrogen-bond donors (Lipinski definition) is 1. The highest BCUT2D eigenvalue weighted by atomic mass is 16.5. The molecule has 206 valence electrons. The number of likely N-dealkylation sites (tertiary alicyclic amines) is 1. The van der Waals surface area contributed by atoms with Crippen LogP contribution in [0.1, 0.15) is 69.9 Å². The maximum absolute atomic E-state index is 13.7. The van der Waals surface area contributed by atoms with E-state index in [0.29, 0.717) is 26.0 Å². The summed E-state index contributed by atoms with van der Waals surface area (Å²) in [7, 11) is 0. The highest BCUT2D eigenvalue weighted by Gasteiger charge is 2.54. The SMILES string of the molecule is CCCN1C(=O)[C@H]([C@@H](C)OCc2ccccc2)NC(=O)C12CCN(CCCCCCc1ccccc1)CC2. The summed E-state index contributed by atoms with van der Waals surface area (Å²) in [6, 6.07) is 20.0. The van der Waals surface area contributed by atoms with Crippen LogP contribution in [0.2, 0.25) is 0 Å². The maximum Gasteiger partial charge on any atom is 0.248 e. The molecule has 0 radical (unpaired) electrons. The zero-order chi connectivity index (χ0) is 26.8. The van der Waals surface area contributed by atoms with E-state index in [1.54, 1.807) is 0 Å². The van der Waals surface area contributed by atoms with Crippen LogP contribution in [0.5, 0.6) is 0 Å². The molecular formula is C32H45N3O3. The molecule has 2 aromatic rings. The third kappa shape index (κ3) is 7.03. The first kappa shape index (κ1) is 28.3. The number of nitrogens with one attached hydrogen (secondary N) is 1. The van der Waals surface area contributed by atoms with Crippen LogP contribution in [-0.4, -0.2) is 65.5 Å². The second-order valence-corrected chi connectivity index (χ2v) is 11.0. The fourth-order valence-corrected chi connectivity index (χ4v) is 5.91. The highest BCUT2D eigenvalue weighted by Crippen LogP contribution is 2.34. The number of piperazine rings is 1.